The van der Waals surface area contributed by atoms with Crippen LogP contribution in [0.1, 0.15) is 6.92 Å². The fourth-order valence-corrected chi connectivity index (χ4v) is 4.72. The van der Waals surface area contributed by atoms with E-state index in [2.05, 4.69) is 0 Å². The Morgan fingerprint density at radius 2 is 1.24 bits per heavy atom. The van der Waals surface area contributed by atoms with Gasteiger partial charge >= 0.3 is 0 Å². The lowest BCUT2D eigenvalue weighted by Crippen LogP contribution is -2.20. The van der Waals surface area contributed by atoms with E-state index in [1.807, 2.05) is 54.6 Å². The minimum atomic E-state index is -0.787. The van der Waals surface area contributed by atoms with E-state index in [1.54, 1.807) is 38.3 Å². The molecule has 41 heavy (non-hydrogen) atoms. The number of rotatable bonds is 7. The number of nitrogens with zero attached hydrogens (tertiary/aromatic N) is 2. The number of hydrogen-bond acceptors (Lipinski definition) is 8. The Bertz CT molecular complexity index is 1910. The highest BCUT2D eigenvalue weighted by molar-refractivity contribution is 5.89. The number of para-hydroxylation sites is 2. The van der Waals surface area contributed by atoms with E-state index >= 15 is 0 Å². The van der Waals surface area contributed by atoms with Crippen molar-refractivity contribution in [1.29, 1.82) is 0 Å². The number of fused-ring (bicyclic) bond motifs is 2. The van der Waals surface area contributed by atoms with Crippen LogP contribution >= 0.6 is 0 Å². The topological polar surface area (TPSA) is 114 Å². The summed E-state index contributed by atoms with van der Waals surface area (Å²) in [6.45, 7) is 1.75. The van der Waals surface area contributed by atoms with E-state index < -0.39 is 6.29 Å². The highest BCUT2D eigenvalue weighted by Crippen LogP contribution is 2.38. The molecule has 0 aliphatic heterocycles. The minimum absolute atomic E-state index is 0.0347. The summed E-state index contributed by atoms with van der Waals surface area (Å²) in [4.78, 5) is 9.51. The second kappa shape index (κ2) is 10.6. The molecular weight excluding hydrogens is 520 g/mol. The third-order valence-corrected chi connectivity index (χ3v) is 6.67. The van der Waals surface area contributed by atoms with Crippen molar-refractivity contribution >= 4 is 21.8 Å². The molecule has 3 N–H and O–H groups in total. The van der Waals surface area contributed by atoms with Gasteiger partial charge in [0, 0.05) is 47.0 Å². The highest BCUT2D eigenvalue weighted by atomic mass is 16.7. The first kappa shape index (κ1) is 25.8. The number of phenolic OH excluding ortho intramolecular Hbond substituents is 3. The molecule has 0 fully saturated rings. The summed E-state index contributed by atoms with van der Waals surface area (Å²) >= 11 is 0. The van der Waals surface area contributed by atoms with Gasteiger partial charge in [-0.25, -0.2) is 9.97 Å². The molecule has 204 valence electrons. The first-order chi connectivity index (χ1) is 19.9. The molecule has 2 aromatic heterocycles. The SMILES string of the molecule is COc1cc(-c2ccc(O)cc2OC(C)Oc2cc(-c3ccc(O)c(O)c3)nc3ccccc23)nc2ccccc12. The van der Waals surface area contributed by atoms with Crippen molar-refractivity contribution < 1.29 is 29.5 Å². The zero-order valence-corrected chi connectivity index (χ0v) is 22.3. The Kier molecular flexibility index (Phi) is 6.65. The number of aromatic nitrogens is 2. The second-order valence-electron chi connectivity index (χ2n) is 9.44. The molecule has 6 aromatic rings. The van der Waals surface area contributed by atoms with Gasteiger partial charge in [-0.2, -0.15) is 0 Å². The van der Waals surface area contributed by atoms with Crippen LogP contribution in [0.25, 0.3) is 44.3 Å². The summed E-state index contributed by atoms with van der Waals surface area (Å²) in [6.07, 6.45) is -0.787. The van der Waals surface area contributed by atoms with Crippen molar-refractivity contribution in [2.45, 2.75) is 13.2 Å². The number of benzene rings is 4. The van der Waals surface area contributed by atoms with E-state index in [0.717, 1.165) is 16.3 Å². The smallest absolute Gasteiger partial charge is 0.238 e. The molecule has 1 atom stereocenters. The molecule has 0 amide bonds. The third kappa shape index (κ3) is 5.10. The normalized spacial score (nSPS) is 11.9. The van der Waals surface area contributed by atoms with Gasteiger partial charge in [-0.05, 0) is 54.6 Å². The van der Waals surface area contributed by atoms with Gasteiger partial charge in [0.05, 0.1) is 29.5 Å². The Morgan fingerprint density at radius 1 is 0.610 bits per heavy atom. The van der Waals surface area contributed by atoms with Crippen LogP contribution in [0, 0.1) is 0 Å². The van der Waals surface area contributed by atoms with Gasteiger partial charge in [-0.3, -0.25) is 0 Å². The molecule has 0 saturated heterocycles. The lowest BCUT2D eigenvalue weighted by atomic mass is 10.1. The van der Waals surface area contributed by atoms with Gasteiger partial charge in [-0.15, -0.1) is 0 Å². The average molecular weight is 547 g/mol. The number of methoxy groups -OCH3 is 1. The zero-order valence-electron chi connectivity index (χ0n) is 22.3. The van der Waals surface area contributed by atoms with Crippen molar-refractivity contribution in [3.05, 3.63) is 97.1 Å². The predicted octanol–water partition coefficient (Wildman–Crippen LogP) is 7.05. The molecular formula is C33H26N2O6. The van der Waals surface area contributed by atoms with Gasteiger partial charge in [0.1, 0.15) is 23.0 Å². The largest absolute Gasteiger partial charge is 0.508 e. The Labute approximate surface area is 235 Å². The quantitative estimate of drug-likeness (QED) is 0.144. The van der Waals surface area contributed by atoms with E-state index in [9.17, 15) is 15.3 Å². The van der Waals surface area contributed by atoms with Crippen LogP contribution in [-0.2, 0) is 0 Å². The van der Waals surface area contributed by atoms with Gasteiger partial charge in [0.2, 0.25) is 6.29 Å². The summed E-state index contributed by atoms with van der Waals surface area (Å²) in [7, 11) is 1.61. The first-order valence-electron chi connectivity index (χ1n) is 12.9. The molecule has 0 radical (unpaired) electrons. The van der Waals surface area contributed by atoms with Crippen molar-refractivity contribution in [3.8, 4) is 57.0 Å². The fourth-order valence-electron chi connectivity index (χ4n) is 4.72. The molecule has 1 unspecified atom stereocenters. The van der Waals surface area contributed by atoms with Crippen molar-refractivity contribution in [1.82, 2.24) is 9.97 Å². The Morgan fingerprint density at radius 3 is 1.95 bits per heavy atom. The second-order valence-corrected chi connectivity index (χ2v) is 9.44. The summed E-state index contributed by atoms with van der Waals surface area (Å²) in [5.41, 5.74) is 3.88. The molecule has 0 saturated carbocycles. The number of pyridine rings is 2. The number of ether oxygens (including phenoxy) is 3. The van der Waals surface area contributed by atoms with Gasteiger partial charge in [0.15, 0.2) is 11.5 Å². The monoisotopic (exact) mass is 546 g/mol. The van der Waals surface area contributed by atoms with Crippen LogP contribution in [0.5, 0.6) is 34.5 Å². The molecule has 2 heterocycles. The van der Waals surface area contributed by atoms with E-state index in [4.69, 9.17) is 24.2 Å². The molecule has 8 heteroatoms. The minimum Gasteiger partial charge on any atom is -0.508 e. The van der Waals surface area contributed by atoms with Crippen LogP contribution < -0.4 is 14.2 Å². The first-order valence-corrected chi connectivity index (χ1v) is 12.9. The molecule has 4 aromatic carbocycles. The Hall–Kier alpha value is -5.50. The number of hydrogen-bond donors (Lipinski definition) is 3. The van der Waals surface area contributed by atoms with Crippen LogP contribution in [-0.4, -0.2) is 38.7 Å². The fraction of sp³-hybridized carbons (Fsp3) is 0.0909. The standard InChI is InChI=1S/C33H26N2O6/c1-19(41-33-17-27(20-11-14-29(37)30(38)15-20)34-26-10-6-4-8-23(26)33)40-32-16-21(36)12-13-24(32)28-18-31(39-2)22-7-3-5-9-25(22)35-28/h3-19,36-38H,1-2H3. The number of aromatic hydroxyl groups is 3. The van der Waals surface area contributed by atoms with Gasteiger partial charge in [0.25, 0.3) is 0 Å². The summed E-state index contributed by atoms with van der Waals surface area (Å²) in [6, 6.07) is 28.2. The van der Waals surface area contributed by atoms with E-state index in [0.29, 0.717) is 45.3 Å². The summed E-state index contributed by atoms with van der Waals surface area (Å²) in [5, 5.41) is 31.7. The summed E-state index contributed by atoms with van der Waals surface area (Å²) < 4.78 is 18.2. The predicted molar refractivity (Wildman–Crippen MR) is 157 cm³/mol. The van der Waals surface area contributed by atoms with Crippen LogP contribution in [0.2, 0.25) is 0 Å². The molecule has 0 aliphatic carbocycles. The Balaban J connectivity index is 1.36. The molecule has 6 rings (SSSR count). The lowest BCUT2D eigenvalue weighted by Gasteiger charge is -2.20. The molecule has 0 aliphatic rings. The number of phenols is 3. The van der Waals surface area contributed by atoms with Crippen molar-refractivity contribution in [2.24, 2.45) is 0 Å². The van der Waals surface area contributed by atoms with Crippen LogP contribution in [0.4, 0.5) is 0 Å². The molecule has 8 nitrogen and oxygen atoms in total. The van der Waals surface area contributed by atoms with Gasteiger partial charge in [-0.1, -0.05) is 24.3 Å². The average Bonchev–Trinajstić information content (AvgIpc) is 2.98. The third-order valence-electron chi connectivity index (χ3n) is 6.67. The van der Waals surface area contributed by atoms with E-state index in [1.165, 1.54) is 18.2 Å². The molecule has 0 bridgehead atoms. The maximum Gasteiger partial charge on any atom is 0.238 e. The molecule has 0 spiro atoms. The zero-order chi connectivity index (χ0) is 28.5. The summed E-state index contributed by atoms with van der Waals surface area (Å²) in [5.74, 6) is 1.14. The highest BCUT2D eigenvalue weighted by Gasteiger charge is 2.18. The lowest BCUT2D eigenvalue weighted by molar-refractivity contribution is 0.0239. The van der Waals surface area contributed by atoms with Crippen LogP contribution in [0.3, 0.4) is 0 Å². The van der Waals surface area contributed by atoms with Gasteiger partial charge < -0.3 is 29.5 Å². The van der Waals surface area contributed by atoms with E-state index in [-0.39, 0.29) is 17.2 Å². The maximum absolute atomic E-state index is 10.3. The van der Waals surface area contributed by atoms with Crippen LogP contribution in [0.15, 0.2) is 97.1 Å². The van der Waals surface area contributed by atoms with Crippen molar-refractivity contribution in [3.63, 3.8) is 0 Å². The maximum atomic E-state index is 10.3. The van der Waals surface area contributed by atoms with Crippen molar-refractivity contribution in [2.75, 3.05) is 7.11 Å².